The van der Waals surface area contributed by atoms with Crippen LogP contribution in [0.3, 0.4) is 0 Å². The Labute approximate surface area is 122 Å². The van der Waals surface area contributed by atoms with Crippen LogP contribution in [0.25, 0.3) is 0 Å². The van der Waals surface area contributed by atoms with Crippen molar-refractivity contribution in [1.82, 2.24) is 4.31 Å². The van der Waals surface area contributed by atoms with E-state index in [0.717, 1.165) is 16.4 Å². The summed E-state index contributed by atoms with van der Waals surface area (Å²) in [5.41, 5.74) is 0.00471. The zero-order valence-electron chi connectivity index (χ0n) is 11.5. The summed E-state index contributed by atoms with van der Waals surface area (Å²) in [7, 11) is -3.99. The lowest BCUT2D eigenvalue weighted by atomic mass is 10.2. The number of esters is 1. The second kappa shape index (κ2) is 6.50. The Morgan fingerprint density at radius 2 is 2.05 bits per heavy atom. The number of carbonyl (C=O) groups is 1. The summed E-state index contributed by atoms with van der Waals surface area (Å²) >= 11 is 0. The van der Waals surface area contributed by atoms with Crippen molar-refractivity contribution >= 4 is 16.0 Å². The molecule has 0 bridgehead atoms. The molecule has 1 fully saturated rings. The van der Waals surface area contributed by atoms with Gasteiger partial charge < -0.3 is 9.47 Å². The van der Waals surface area contributed by atoms with Gasteiger partial charge in [-0.05, 0) is 25.1 Å². The van der Waals surface area contributed by atoms with Crippen LogP contribution in [-0.4, -0.2) is 51.6 Å². The Morgan fingerprint density at radius 3 is 2.67 bits per heavy atom. The Balaban J connectivity index is 2.37. The van der Waals surface area contributed by atoms with E-state index < -0.39 is 26.7 Å². The van der Waals surface area contributed by atoms with Crippen LogP contribution in [-0.2, 0) is 19.5 Å². The standard InChI is InChI=1S/C13H16FNO5S/c1-2-20-13(16)10-3-4-11(14)12(9-10)21(17,18)15-5-7-19-8-6-15/h3-4,9H,2,5-8H2,1H3. The molecule has 1 heterocycles. The minimum Gasteiger partial charge on any atom is -0.462 e. The second-order valence-corrected chi connectivity index (χ2v) is 6.29. The van der Waals surface area contributed by atoms with Gasteiger partial charge in [0.1, 0.15) is 10.7 Å². The van der Waals surface area contributed by atoms with E-state index in [1.807, 2.05) is 0 Å². The molecule has 8 heteroatoms. The summed E-state index contributed by atoms with van der Waals surface area (Å²) < 4.78 is 49.7. The van der Waals surface area contributed by atoms with Gasteiger partial charge in [0, 0.05) is 13.1 Å². The first-order chi connectivity index (χ1) is 9.96. The highest BCUT2D eigenvalue weighted by atomic mass is 32.2. The van der Waals surface area contributed by atoms with Crippen molar-refractivity contribution in [3.05, 3.63) is 29.6 Å². The largest absolute Gasteiger partial charge is 0.462 e. The quantitative estimate of drug-likeness (QED) is 0.775. The first-order valence-corrected chi connectivity index (χ1v) is 7.95. The predicted molar refractivity (Wildman–Crippen MR) is 71.9 cm³/mol. The number of hydrogen-bond donors (Lipinski definition) is 0. The maximum absolute atomic E-state index is 13.9. The summed E-state index contributed by atoms with van der Waals surface area (Å²) in [6.07, 6.45) is 0. The summed E-state index contributed by atoms with van der Waals surface area (Å²) in [6.45, 7) is 2.63. The molecule has 0 aliphatic carbocycles. The molecule has 1 aliphatic rings. The number of ether oxygens (including phenoxy) is 2. The van der Waals surface area contributed by atoms with E-state index in [9.17, 15) is 17.6 Å². The van der Waals surface area contributed by atoms with Crippen LogP contribution in [0.5, 0.6) is 0 Å². The van der Waals surface area contributed by atoms with Gasteiger partial charge in [0.05, 0.1) is 25.4 Å². The Hall–Kier alpha value is -1.51. The number of carbonyl (C=O) groups excluding carboxylic acids is 1. The van der Waals surface area contributed by atoms with Crippen LogP contribution in [0.15, 0.2) is 23.1 Å². The third kappa shape index (κ3) is 3.39. The highest BCUT2D eigenvalue weighted by Gasteiger charge is 2.29. The minimum absolute atomic E-state index is 0.00471. The number of halogens is 1. The van der Waals surface area contributed by atoms with E-state index >= 15 is 0 Å². The first kappa shape index (κ1) is 15.9. The van der Waals surface area contributed by atoms with Crippen molar-refractivity contribution in [2.24, 2.45) is 0 Å². The van der Waals surface area contributed by atoms with Crippen LogP contribution in [0.2, 0.25) is 0 Å². The van der Waals surface area contributed by atoms with E-state index in [4.69, 9.17) is 9.47 Å². The van der Waals surface area contributed by atoms with Gasteiger partial charge in [-0.25, -0.2) is 17.6 Å². The molecule has 0 N–H and O–H groups in total. The number of sulfonamides is 1. The van der Waals surface area contributed by atoms with Crippen LogP contribution in [0.4, 0.5) is 4.39 Å². The van der Waals surface area contributed by atoms with Crippen LogP contribution in [0.1, 0.15) is 17.3 Å². The average Bonchev–Trinajstić information content (AvgIpc) is 2.48. The van der Waals surface area contributed by atoms with E-state index in [1.165, 1.54) is 6.07 Å². The third-order valence-electron chi connectivity index (χ3n) is 3.03. The molecular formula is C13H16FNO5S. The fourth-order valence-electron chi connectivity index (χ4n) is 1.97. The molecule has 0 amide bonds. The van der Waals surface area contributed by atoms with Crippen molar-refractivity contribution in [2.45, 2.75) is 11.8 Å². The van der Waals surface area contributed by atoms with Crippen molar-refractivity contribution in [1.29, 1.82) is 0 Å². The summed E-state index contributed by atoms with van der Waals surface area (Å²) in [6, 6.07) is 3.17. The second-order valence-electron chi connectivity index (χ2n) is 4.38. The van der Waals surface area contributed by atoms with Crippen LogP contribution < -0.4 is 0 Å². The Morgan fingerprint density at radius 1 is 1.38 bits per heavy atom. The monoisotopic (exact) mass is 317 g/mol. The zero-order chi connectivity index (χ0) is 15.5. The zero-order valence-corrected chi connectivity index (χ0v) is 12.4. The fourth-order valence-corrected chi connectivity index (χ4v) is 3.47. The third-order valence-corrected chi connectivity index (χ3v) is 4.94. The summed E-state index contributed by atoms with van der Waals surface area (Å²) in [5.74, 6) is -1.58. The van der Waals surface area contributed by atoms with Crippen LogP contribution >= 0.6 is 0 Å². The lowest BCUT2D eigenvalue weighted by Crippen LogP contribution is -2.41. The summed E-state index contributed by atoms with van der Waals surface area (Å²) in [4.78, 5) is 11.1. The Kier molecular flexibility index (Phi) is 4.92. The molecule has 6 nitrogen and oxygen atoms in total. The van der Waals surface area contributed by atoms with Crippen molar-refractivity contribution < 1.29 is 27.1 Å². The molecule has 2 rings (SSSR count). The number of benzene rings is 1. The van der Waals surface area contributed by atoms with Crippen molar-refractivity contribution in [3.63, 3.8) is 0 Å². The molecule has 116 valence electrons. The topological polar surface area (TPSA) is 72.9 Å². The van der Waals surface area contributed by atoms with Gasteiger partial charge in [0.2, 0.25) is 10.0 Å². The van der Waals surface area contributed by atoms with Gasteiger partial charge in [-0.3, -0.25) is 0 Å². The molecule has 0 aromatic heterocycles. The SMILES string of the molecule is CCOC(=O)c1ccc(F)c(S(=O)(=O)N2CCOCC2)c1. The van der Waals surface area contributed by atoms with Gasteiger partial charge in [0.25, 0.3) is 0 Å². The number of rotatable bonds is 4. The smallest absolute Gasteiger partial charge is 0.338 e. The normalized spacial score (nSPS) is 16.7. The fraction of sp³-hybridized carbons (Fsp3) is 0.462. The molecule has 1 aliphatic heterocycles. The van der Waals surface area contributed by atoms with Gasteiger partial charge in [-0.15, -0.1) is 0 Å². The van der Waals surface area contributed by atoms with Crippen molar-refractivity contribution in [3.8, 4) is 0 Å². The highest BCUT2D eigenvalue weighted by molar-refractivity contribution is 7.89. The van der Waals surface area contributed by atoms with Gasteiger partial charge >= 0.3 is 5.97 Å². The molecule has 0 unspecified atom stereocenters. The molecule has 0 radical (unpaired) electrons. The van der Waals surface area contributed by atoms with E-state index in [0.29, 0.717) is 0 Å². The number of morpholine rings is 1. The van der Waals surface area contributed by atoms with Gasteiger partial charge in [0.15, 0.2) is 0 Å². The molecule has 0 saturated carbocycles. The maximum Gasteiger partial charge on any atom is 0.338 e. The average molecular weight is 317 g/mol. The molecule has 21 heavy (non-hydrogen) atoms. The van der Waals surface area contributed by atoms with E-state index in [-0.39, 0.29) is 38.5 Å². The van der Waals surface area contributed by atoms with E-state index in [2.05, 4.69) is 0 Å². The lowest BCUT2D eigenvalue weighted by Gasteiger charge is -2.26. The number of hydrogen-bond acceptors (Lipinski definition) is 5. The van der Waals surface area contributed by atoms with Gasteiger partial charge in [-0.1, -0.05) is 0 Å². The van der Waals surface area contributed by atoms with E-state index in [1.54, 1.807) is 6.92 Å². The summed E-state index contributed by atoms with van der Waals surface area (Å²) in [5, 5.41) is 0. The number of nitrogens with zero attached hydrogens (tertiary/aromatic N) is 1. The maximum atomic E-state index is 13.9. The first-order valence-electron chi connectivity index (χ1n) is 6.51. The highest BCUT2D eigenvalue weighted by Crippen LogP contribution is 2.22. The molecule has 1 saturated heterocycles. The molecular weight excluding hydrogens is 301 g/mol. The molecule has 1 aromatic rings. The van der Waals surface area contributed by atoms with Crippen LogP contribution in [0, 0.1) is 5.82 Å². The minimum atomic E-state index is -3.99. The molecule has 0 atom stereocenters. The molecule has 0 spiro atoms. The lowest BCUT2D eigenvalue weighted by molar-refractivity contribution is 0.0526. The van der Waals surface area contributed by atoms with Gasteiger partial charge in [-0.2, -0.15) is 4.31 Å². The van der Waals surface area contributed by atoms with Crippen molar-refractivity contribution in [2.75, 3.05) is 32.9 Å². The molecule has 1 aromatic carbocycles. The predicted octanol–water partition coefficient (Wildman–Crippen LogP) is 1.02. The Bertz CT molecular complexity index is 625.